The number of hydrogen-bond acceptors (Lipinski definition) is 2. The molecule has 2 heteroatoms. The Kier molecular flexibility index (Phi) is 2.29. The van der Waals surface area contributed by atoms with Crippen LogP contribution in [0, 0.1) is 13.8 Å². The number of furan rings is 1. The highest BCUT2D eigenvalue weighted by atomic mass is 16.3. The molecule has 1 aromatic heterocycles. The van der Waals surface area contributed by atoms with Gasteiger partial charge in [-0.2, -0.15) is 0 Å². The van der Waals surface area contributed by atoms with E-state index in [-0.39, 0.29) is 5.54 Å². The molecular formula is C10H17NO. The van der Waals surface area contributed by atoms with E-state index in [9.17, 15) is 0 Å². The van der Waals surface area contributed by atoms with E-state index < -0.39 is 0 Å². The summed E-state index contributed by atoms with van der Waals surface area (Å²) in [5.41, 5.74) is 6.97. The SMILES string of the molecule is CCC(C)(N)c1cc(C)oc1C. The maximum absolute atomic E-state index is 6.09. The predicted octanol–water partition coefficient (Wildman–Crippen LogP) is 2.48. The smallest absolute Gasteiger partial charge is 0.106 e. The van der Waals surface area contributed by atoms with Gasteiger partial charge in [-0.05, 0) is 33.3 Å². The summed E-state index contributed by atoms with van der Waals surface area (Å²) in [6, 6.07) is 2.03. The lowest BCUT2D eigenvalue weighted by atomic mass is 9.91. The molecule has 0 bridgehead atoms. The lowest BCUT2D eigenvalue weighted by Gasteiger charge is -2.21. The molecule has 12 heavy (non-hydrogen) atoms. The van der Waals surface area contributed by atoms with Crippen LogP contribution in [-0.4, -0.2) is 0 Å². The molecule has 0 aliphatic heterocycles. The van der Waals surface area contributed by atoms with Crippen molar-refractivity contribution < 1.29 is 4.42 Å². The van der Waals surface area contributed by atoms with Crippen molar-refractivity contribution in [1.82, 2.24) is 0 Å². The van der Waals surface area contributed by atoms with Gasteiger partial charge in [0.2, 0.25) is 0 Å². The minimum atomic E-state index is -0.248. The van der Waals surface area contributed by atoms with Gasteiger partial charge in [-0.3, -0.25) is 0 Å². The molecule has 0 saturated carbocycles. The van der Waals surface area contributed by atoms with Gasteiger partial charge in [0.15, 0.2) is 0 Å². The van der Waals surface area contributed by atoms with Gasteiger partial charge in [-0.15, -0.1) is 0 Å². The molecule has 0 aromatic carbocycles. The van der Waals surface area contributed by atoms with Crippen molar-refractivity contribution in [2.45, 2.75) is 39.7 Å². The monoisotopic (exact) mass is 167 g/mol. The summed E-state index contributed by atoms with van der Waals surface area (Å²) in [6.45, 7) is 8.03. The van der Waals surface area contributed by atoms with Gasteiger partial charge in [-0.25, -0.2) is 0 Å². The van der Waals surface area contributed by atoms with E-state index in [0.29, 0.717) is 0 Å². The van der Waals surface area contributed by atoms with E-state index in [0.717, 1.165) is 23.5 Å². The second-order valence-electron chi connectivity index (χ2n) is 3.60. The van der Waals surface area contributed by atoms with Crippen molar-refractivity contribution in [1.29, 1.82) is 0 Å². The molecule has 1 rings (SSSR count). The summed E-state index contributed by atoms with van der Waals surface area (Å²) in [4.78, 5) is 0. The molecule has 1 unspecified atom stereocenters. The van der Waals surface area contributed by atoms with Gasteiger partial charge in [0, 0.05) is 11.1 Å². The highest BCUT2D eigenvalue weighted by Gasteiger charge is 2.23. The number of rotatable bonds is 2. The number of aryl methyl sites for hydroxylation is 2. The van der Waals surface area contributed by atoms with Gasteiger partial charge in [-0.1, -0.05) is 6.92 Å². The highest BCUT2D eigenvalue weighted by molar-refractivity contribution is 5.27. The first-order valence-corrected chi connectivity index (χ1v) is 4.33. The molecule has 0 aliphatic carbocycles. The van der Waals surface area contributed by atoms with Gasteiger partial charge in [0.25, 0.3) is 0 Å². The van der Waals surface area contributed by atoms with Crippen molar-refractivity contribution in [3.63, 3.8) is 0 Å². The van der Waals surface area contributed by atoms with Gasteiger partial charge in [0.1, 0.15) is 11.5 Å². The van der Waals surface area contributed by atoms with Crippen molar-refractivity contribution in [2.24, 2.45) is 5.73 Å². The lowest BCUT2D eigenvalue weighted by Crippen LogP contribution is -2.32. The predicted molar refractivity (Wildman–Crippen MR) is 50.0 cm³/mol. The van der Waals surface area contributed by atoms with Crippen LogP contribution >= 0.6 is 0 Å². The van der Waals surface area contributed by atoms with E-state index in [1.807, 2.05) is 26.8 Å². The summed E-state index contributed by atoms with van der Waals surface area (Å²) in [5.74, 6) is 1.88. The fourth-order valence-electron chi connectivity index (χ4n) is 1.39. The average Bonchev–Trinajstić information content (AvgIpc) is 2.31. The molecule has 0 amide bonds. The maximum Gasteiger partial charge on any atom is 0.106 e. The minimum Gasteiger partial charge on any atom is -0.466 e. The molecule has 2 nitrogen and oxygen atoms in total. The zero-order valence-electron chi connectivity index (χ0n) is 8.27. The van der Waals surface area contributed by atoms with E-state index in [4.69, 9.17) is 10.2 Å². The van der Waals surface area contributed by atoms with Crippen molar-refractivity contribution in [2.75, 3.05) is 0 Å². The Labute approximate surface area is 73.8 Å². The number of hydrogen-bond donors (Lipinski definition) is 1. The Morgan fingerprint density at radius 1 is 1.50 bits per heavy atom. The molecule has 1 atom stereocenters. The Morgan fingerprint density at radius 2 is 2.08 bits per heavy atom. The van der Waals surface area contributed by atoms with E-state index in [1.54, 1.807) is 0 Å². The molecule has 0 spiro atoms. The van der Waals surface area contributed by atoms with Crippen molar-refractivity contribution in [3.05, 3.63) is 23.2 Å². The van der Waals surface area contributed by atoms with Crippen molar-refractivity contribution in [3.8, 4) is 0 Å². The summed E-state index contributed by atoms with van der Waals surface area (Å²) in [7, 11) is 0. The first-order valence-electron chi connectivity index (χ1n) is 4.33. The third-order valence-electron chi connectivity index (χ3n) is 2.39. The van der Waals surface area contributed by atoms with Gasteiger partial charge in [0.05, 0.1) is 0 Å². The Morgan fingerprint density at radius 3 is 2.42 bits per heavy atom. The van der Waals surface area contributed by atoms with E-state index >= 15 is 0 Å². The summed E-state index contributed by atoms with van der Waals surface area (Å²) < 4.78 is 5.42. The normalized spacial score (nSPS) is 16.1. The first kappa shape index (κ1) is 9.33. The molecule has 1 aromatic rings. The molecule has 2 N–H and O–H groups in total. The molecule has 0 aliphatic rings. The lowest BCUT2D eigenvalue weighted by molar-refractivity contribution is 0.447. The summed E-state index contributed by atoms with van der Waals surface area (Å²) in [5, 5.41) is 0. The van der Waals surface area contributed by atoms with E-state index in [2.05, 4.69) is 6.92 Å². The molecule has 1 heterocycles. The van der Waals surface area contributed by atoms with Gasteiger partial charge >= 0.3 is 0 Å². The molecular weight excluding hydrogens is 150 g/mol. The molecule has 0 saturated heterocycles. The fourth-order valence-corrected chi connectivity index (χ4v) is 1.39. The van der Waals surface area contributed by atoms with Crippen LogP contribution in [0.5, 0.6) is 0 Å². The standard InChI is InChI=1S/C10H17NO/c1-5-10(4,11)9-6-7(2)12-8(9)3/h6H,5,11H2,1-4H3. The van der Waals surface area contributed by atoms with Gasteiger partial charge < -0.3 is 10.2 Å². The zero-order chi connectivity index (χ0) is 9.35. The van der Waals surface area contributed by atoms with Crippen LogP contribution in [0.25, 0.3) is 0 Å². The molecule has 0 fully saturated rings. The third kappa shape index (κ3) is 1.53. The van der Waals surface area contributed by atoms with Crippen LogP contribution in [0.4, 0.5) is 0 Å². The third-order valence-corrected chi connectivity index (χ3v) is 2.39. The van der Waals surface area contributed by atoms with Crippen LogP contribution in [-0.2, 0) is 5.54 Å². The van der Waals surface area contributed by atoms with Crippen LogP contribution in [0.3, 0.4) is 0 Å². The second-order valence-corrected chi connectivity index (χ2v) is 3.60. The average molecular weight is 167 g/mol. The van der Waals surface area contributed by atoms with E-state index in [1.165, 1.54) is 0 Å². The van der Waals surface area contributed by atoms with Crippen LogP contribution in [0.15, 0.2) is 10.5 Å². The van der Waals surface area contributed by atoms with Crippen LogP contribution in [0.2, 0.25) is 0 Å². The Bertz CT molecular complexity index is 273. The Hall–Kier alpha value is -0.760. The van der Waals surface area contributed by atoms with Crippen LogP contribution in [0.1, 0.15) is 37.4 Å². The molecule has 68 valence electrons. The zero-order valence-corrected chi connectivity index (χ0v) is 8.27. The Balaban J connectivity index is 3.09. The minimum absolute atomic E-state index is 0.248. The molecule has 0 radical (unpaired) electrons. The van der Waals surface area contributed by atoms with Crippen molar-refractivity contribution >= 4 is 0 Å². The fraction of sp³-hybridized carbons (Fsp3) is 0.600. The highest BCUT2D eigenvalue weighted by Crippen LogP contribution is 2.26. The van der Waals surface area contributed by atoms with Crippen LogP contribution < -0.4 is 5.73 Å². The second kappa shape index (κ2) is 2.94. The largest absolute Gasteiger partial charge is 0.466 e. The summed E-state index contributed by atoms with van der Waals surface area (Å²) >= 11 is 0. The topological polar surface area (TPSA) is 39.2 Å². The first-order chi connectivity index (χ1) is 5.47. The quantitative estimate of drug-likeness (QED) is 0.735. The number of nitrogens with two attached hydrogens (primary N) is 1. The maximum atomic E-state index is 6.09. The summed E-state index contributed by atoms with van der Waals surface area (Å²) in [6.07, 6.45) is 0.923.